The maximum atomic E-state index is 11.5. The van der Waals surface area contributed by atoms with Crippen LogP contribution in [0.15, 0.2) is 24.4 Å². The number of carboxylic acid groups (broad SMARTS) is 1. The smallest absolute Gasteiger partial charge is 1.00 e. The summed E-state index contributed by atoms with van der Waals surface area (Å²) in [5, 5.41) is 10.3. The number of ether oxygens (including phenoxy) is 1. The molecule has 5 rings (SSSR count). The van der Waals surface area contributed by atoms with Crippen molar-refractivity contribution in [2.75, 3.05) is 19.6 Å². The summed E-state index contributed by atoms with van der Waals surface area (Å²) in [4.78, 5) is 19.6. The number of halogens is 1. The fraction of sp³-hybridized carbons (Fsp3) is 0.474. The maximum Gasteiger partial charge on any atom is 1.00 e. The second-order valence-corrected chi connectivity index (χ2v) is 7.95. The average Bonchev–Trinajstić information content (AvgIpc) is 3.12. The normalized spacial score (nSPS) is 23.2. The molecule has 27 heavy (non-hydrogen) atoms. The molecule has 1 aromatic heterocycles. The molecule has 3 aliphatic rings. The zero-order valence-electron chi connectivity index (χ0n) is 15.7. The number of thiazole rings is 1. The minimum absolute atomic E-state index is 0. The number of carbonyl (C=O) groups is 1. The molecular weight excluding hydrogens is 395 g/mol. The van der Waals surface area contributed by atoms with Gasteiger partial charge in [-0.25, -0.2) is 9.78 Å². The topological polar surface area (TPSA) is 62.7 Å². The van der Waals surface area contributed by atoms with Crippen LogP contribution in [0.1, 0.15) is 35.0 Å². The molecule has 3 fully saturated rings. The first-order valence-corrected chi connectivity index (χ1v) is 9.66. The van der Waals surface area contributed by atoms with Crippen LogP contribution in [0.25, 0.3) is 10.6 Å². The van der Waals surface area contributed by atoms with Crippen LogP contribution in [0.2, 0.25) is 0 Å². The van der Waals surface area contributed by atoms with Crippen molar-refractivity contribution in [2.45, 2.75) is 32.3 Å². The molecule has 2 bridgehead atoms. The maximum absolute atomic E-state index is 11.5. The Bertz CT molecular complexity index is 793. The molecule has 1 N–H and O–H groups in total. The van der Waals surface area contributed by atoms with Gasteiger partial charge in [0.15, 0.2) is 0 Å². The Labute approximate surface area is 191 Å². The van der Waals surface area contributed by atoms with E-state index in [1.807, 2.05) is 12.3 Å². The molecule has 0 saturated carbocycles. The molecule has 1 atom stereocenters. The number of nitrogens with zero attached hydrogens (tertiary/aromatic N) is 2. The van der Waals surface area contributed by atoms with E-state index in [1.54, 1.807) is 23.5 Å². The van der Waals surface area contributed by atoms with Crippen molar-refractivity contribution in [1.29, 1.82) is 0 Å². The summed E-state index contributed by atoms with van der Waals surface area (Å²) in [6.45, 7) is 5.34. The second-order valence-electron chi connectivity index (χ2n) is 6.83. The number of hydrogen-bond acceptors (Lipinski definition) is 5. The number of piperidine rings is 3. The first-order valence-electron chi connectivity index (χ1n) is 8.85. The third-order valence-corrected chi connectivity index (χ3v) is 6.38. The first-order chi connectivity index (χ1) is 12.1. The number of aromatic nitrogens is 1. The Hall–Kier alpha value is -0.630. The predicted molar refractivity (Wildman–Crippen MR) is 97.5 cm³/mol. The number of aryl methyl sites for hydroxylation is 1. The molecule has 0 unspecified atom stereocenters. The number of benzene rings is 1. The van der Waals surface area contributed by atoms with Crippen molar-refractivity contribution < 1.29 is 56.6 Å². The molecule has 140 valence electrons. The Morgan fingerprint density at radius 2 is 2.07 bits per heavy atom. The minimum Gasteiger partial charge on any atom is -1.00 e. The molecule has 3 aliphatic heterocycles. The van der Waals surface area contributed by atoms with Crippen LogP contribution < -0.4 is 46.7 Å². The number of aromatic carboxylic acids is 1. The zero-order valence-corrected chi connectivity index (χ0v) is 19.2. The molecule has 1 aromatic carbocycles. The zero-order chi connectivity index (χ0) is 17.4. The van der Waals surface area contributed by atoms with Gasteiger partial charge in [-0.05, 0) is 56.5 Å². The number of rotatable bonds is 5. The molecule has 4 heterocycles. The molecule has 0 radical (unpaired) electrons. The predicted octanol–water partition coefficient (Wildman–Crippen LogP) is -2.45. The van der Waals surface area contributed by atoms with Crippen LogP contribution in [0.5, 0.6) is 5.75 Å². The van der Waals surface area contributed by atoms with Gasteiger partial charge in [0.05, 0.1) is 5.56 Å². The summed E-state index contributed by atoms with van der Waals surface area (Å²) >= 11 is 1.61. The van der Waals surface area contributed by atoms with Crippen LogP contribution in [0.3, 0.4) is 0 Å². The van der Waals surface area contributed by atoms with Crippen molar-refractivity contribution >= 4 is 17.3 Å². The molecule has 0 aliphatic carbocycles. The standard InChI is InChI=1S/C19H22N2O3S.ClH.Na/c1-2-16-10-20-18(25-16)13-7-14(19(22)23)9-15(8-13)24-17-11-21-5-3-12(17)4-6-21;;/h7-10,12,17H,2-6,11H2,1H3,(H,22,23);1H;/q;;+1/p-1/t17-;;/m1../s1. The van der Waals surface area contributed by atoms with Crippen LogP contribution in [-0.4, -0.2) is 46.7 Å². The Morgan fingerprint density at radius 3 is 2.63 bits per heavy atom. The fourth-order valence-corrected chi connectivity index (χ4v) is 4.58. The average molecular weight is 417 g/mol. The molecule has 2 aromatic rings. The van der Waals surface area contributed by atoms with Crippen LogP contribution >= 0.6 is 11.3 Å². The van der Waals surface area contributed by atoms with Gasteiger partial charge in [-0.3, -0.25) is 4.90 Å². The van der Waals surface area contributed by atoms with Gasteiger partial charge in [0.1, 0.15) is 16.9 Å². The minimum atomic E-state index is -0.937. The van der Waals surface area contributed by atoms with E-state index in [1.165, 1.54) is 17.7 Å². The van der Waals surface area contributed by atoms with Crippen molar-refractivity contribution in [2.24, 2.45) is 5.92 Å². The van der Waals surface area contributed by atoms with E-state index in [2.05, 4.69) is 16.8 Å². The van der Waals surface area contributed by atoms with Gasteiger partial charge in [-0.15, -0.1) is 11.3 Å². The second kappa shape index (κ2) is 9.72. The van der Waals surface area contributed by atoms with E-state index in [4.69, 9.17) is 4.74 Å². The van der Waals surface area contributed by atoms with Crippen molar-refractivity contribution in [3.63, 3.8) is 0 Å². The molecule has 5 nitrogen and oxygen atoms in total. The van der Waals surface area contributed by atoms with Crippen molar-refractivity contribution in [3.05, 3.63) is 34.8 Å². The monoisotopic (exact) mass is 416 g/mol. The van der Waals surface area contributed by atoms with Crippen molar-refractivity contribution in [3.8, 4) is 16.3 Å². The quantitative estimate of drug-likeness (QED) is 0.548. The summed E-state index contributed by atoms with van der Waals surface area (Å²) in [5.41, 5.74) is 1.07. The fourth-order valence-electron chi connectivity index (χ4n) is 3.74. The van der Waals surface area contributed by atoms with Gasteiger partial charge < -0.3 is 22.3 Å². The van der Waals surface area contributed by atoms with Crippen LogP contribution in [-0.2, 0) is 6.42 Å². The summed E-state index contributed by atoms with van der Waals surface area (Å²) in [7, 11) is 0. The van der Waals surface area contributed by atoms with E-state index in [9.17, 15) is 9.90 Å². The van der Waals surface area contributed by atoms with E-state index in [0.29, 0.717) is 11.7 Å². The van der Waals surface area contributed by atoms with Crippen LogP contribution in [0, 0.1) is 5.92 Å². The van der Waals surface area contributed by atoms with E-state index >= 15 is 0 Å². The Morgan fingerprint density at radius 1 is 1.33 bits per heavy atom. The van der Waals surface area contributed by atoms with Crippen molar-refractivity contribution in [1.82, 2.24) is 9.88 Å². The Balaban J connectivity index is 0.00000131. The van der Waals surface area contributed by atoms with Gasteiger partial charge >= 0.3 is 35.5 Å². The molecular formula is C19H22ClN2NaO3S. The third kappa shape index (κ3) is 5.05. The Kier molecular flexibility index (Phi) is 8.16. The van der Waals surface area contributed by atoms with E-state index in [-0.39, 0.29) is 53.6 Å². The van der Waals surface area contributed by atoms with Gasteiger partial charge in [-0.2, -0.15) is 0 Å². The summed E-state index contributed by atoms with van der Waals surface area (Å²) in [5.74, 6) is 0.281. The summed E-state index contributed by atoms with van der Waals surface area (Å²) in [6, 6.07) is 5.25. The molecule has 0 amide bonds. The third-order valence-electron chi connectivity index (χ3n) is 5.19. The molecule has 3 saturated heterocycles. The van der Waals surface area contributed by atoms with Gasteiger partial charge in [-0.1, -0.05) is 6.92 Å². The number of carboxylic acids is 1. The van der Waals surface area contributed by atoms with Gasteiger partial charge in [0.2, 0.25) is 0 Å². The molecule has 8 heteroatoms. The molecule has 0 spiro atoms. The first kappa shape index (κ1) is 22.7. The number of fused-ring (bicyclic) bond motifs is 3. The van der Waals surface area contributed by atoms with E-state index in [0.717, 1.165) is 36.6 Å². The van der Waals surface area contributed by atoms with Gasteiger partial charge in [0, 0.05) is 23.2 Å². The summed E-state index contributed by atoms with van der Waals surface area (Å²) < 4.78 is 6.25. The number of hydrogen-bond donors (Lipinski definition) is 1. The van der Waals surface area contributed by atoms with E-state index < -0.39 is 5.97 Å². The van der Waals surface area contributed by atoms with Crippen LogP contribution in [0.4, 0.5) is 0 Å². The largest absolute Gasteiger partial charge is 1.00 e. The summed E-state index contributed by atoms with van der Waals surface area (Å²) in [6.07, 6.45) is 5.29. The SMILES string of the molecule is CCc1cnc(-c2cc(O[C@@H]3CN4CCC3CC4)cc(C(=O)O)c2)s1.[Cl-].[Na+]. The van der Waals surface area contributed by atoms with Gasteiger partial charge in [0.25, 0.3) is 0 Å².